The lowest BCUT2D eigenvalue weighted by Crippen LogP contribution is -2.36. The van der Waals surface area contributed by atoms with Crippen molar-refractivity contribution in [3.05, 3.63) is 39.4 Å². The molecule has 0 bridgehead atoms. The number of hydrogen-bond acceptors (Lipinski definition) is 5. The first-order valence-electron chi connectivity index (χ1n) is 7.70. The Labute approximate surface area is 138 Å². The van der Waals surface area contributed by atoms with E-state index in [0.717, 1.165) is 12.1 Å². The van der Waals surface area contributed by atoms with Gasteiger partial charge in [-0.05, 0) is 44.0 Å². The summed E-state index contributed by atoms with van der Waals surface area (Å²) in [4.78, 5) is 16.9. The molecule has 2 heterocycles. The number of rotatable bonds is 4. The second-order valence-electron chi connectivity index (χ2n) is 6.13. The summed E-state index contributed by atoms with van der Waals surface area (Å²) in [5.41, 5.74) is 1.24. The van der Waals surface area contributed by atoms with Gasteiger partial charge in [-0.15, -0.1) is 0 Å². The van der Waals surface area contributed by atoms with Crippen LogP contribution in [0.3, 0.4) is 0 Å². The number of nitrogens with zero attached hydrogens (tertiary/aromatic N) is 2. The molecule has 0 unspecified atom stereocenters. The van der Waals surface area contributed by atoms with Gasteiger partial charge in [-0.3, -0.25) is 9.36 Å². The molecule has 0 spiro atoms. The quantitative estimate of drug-likeness (QED) is 0.769. The van der Waals surface area contributed by atoms with Gasteiger partial charge in [-0.1, -0.05) is 11.6 Å². The fourth-order valence-electron chi connectivity index (χ4n) is 3.12. The predicted octanol–water partition coefficient (Wildman–Crippen LogP) is 0.832. The van der Waals surface area contributed by atoms with Crippen LogP contribution in [-0.2, 0) is 6.54 Å². The van der Waals surface area contributed by atoms with Crippen LogP contribution in [0.5, 0.6) is 0 Å². The molecular weight excluding hydrogens is 318 g/mol. The summed E-state index contributed by atoms with van der Waals surface area (Å²) in [6.45, 7) is 2.74. The zero-order valence-corrected chi connectivity index (χ0v) is 13.6. The second-order valence-corrected chi connectivity index (χ2v) is 6.56. The number of hydrogen-bond donors (Lipinski definition) is 3. The molecule has 1 aromatic heterocycles. The summed E-state index contributed by atoms with van der Waals surface area (Å²) < 4.78 is 1.39. The molecule has 3 rings (SSSR count). The van der Waals surface area contributed by atoms with Crippen molar-refractivity contribution in [2.24, 2.45) is 0 Å². The van der Waals surface area contributed by atoms with E-state index in [1.54, 1.807) is 12.1 Å². The Bertz CT molecular complexity index is 777. The standard InChI is InChI=1S/C16H20ClN3O3/c1-9-4-10(17)5-12-15(9)19-8-20(16(12)23)7-11(21)6-13-14(22)2-3-18-13/h4-5,8,11,13-14,18,21-22H,2-3,6-7H2,1H3/t11-,13+,14-/m0/s1. The Kier molecular flexibility index (Phi) is 4.68. The van der Waals surface area contributed by atoms with Gasteiger partial charge in [0, 0.05) is 11.1 Å². The maximum absolute atomic E-state index is 12.6. The first kappa shape index (κ1) is 16.4. The maximum Gasteiger partial charge on any atom is 0.261 e. The van der Waals surface area contributed by atoms with E-state index < -0.39 is 12.2 Å². The largest absolute Gasteiger partial charge is 0.391 e. The van der Waals surface area contributed by atoms with Crippen molar-refractivity contribution in [3.63, 3.8) is 0 Å². The van der Waals surface area contributed by atoms with Crippen molar-refractivity contribution in [3.8, 4) is 0 Å². The van der Waals surface area contributed by atoms with Crippen molar-refractivity contribution in [1.29, 1.82) is 0 Å². The van der Waals surface area contributed by atoms with Crippen LogP contribution in [0.4, 0.5) is 0 Å². The highest BCUT2D eigenvalue weighted by atomic mass is 35.5. The summed E-state index contributed by atoms with van der Waals surface area (Å²) in [6, 6.07) is 3.23. The van der Waals surface area contributed by atoms with Crippen LogP contribution in [0, 0.1) is 6.92 Å². The van der Waals surface area contributed by atoms with Crippen molar-refractivity contribution >= 4 is 22.5 Å². The zero-order valence-electron chi connectivity index (χ0n) is 12.9. The third-order valence-corrected chi connectivity index (χ3v) is 4.55. The van der Waals surface area contributed by atoms with Crippen LogP contribution >= 0.6 is 11.6 Å². The van der Waals surface area contributed by atoms with E-state index in [1.807, 2.05) is 6.92 Å². The van der Waals surface area contributed by atoms with Gasteiger partial charge in [0.15, 0.2) is 0 Å². The van der Waals surface area contributed by atoms with Crippen molar-refractivity contribution < 1.29 is 10.2 Å². The van der Waals surface area contributed by atoms with Gasteiger partial charge in [-0.2, -0.15) is 0 Å². The fourth-order valence-corrected chi connectivity index (χ4v) is 3.40. The second kappa shape index (κ2) is 6.57. The minimum absolute atomic E-state index is 0.134. The Morgan fingerprint density at radius 2 is 2.30 bits per heavy atom. The SMILES string of the molecule is Cc1cc(Cl)cc2c(=O)n(C[C@@H](O)C[C@H]3NCC[C@@H]3O)cnc12. The normalized spacial score (nSPS) is 22.6. The van der Waals surface area contributed by atoms with Gasteiger partial charge in [0.1, 0.15) is 0 Å². The van der Waals surface area contributed by atoms with E-state index in [4.69, 9.17) is 11.6 Å². The zero-order chi connectivity index (χ0) is 16.6. The van der Waals surface area contributed by atoms with Crippen LogP contribution in [0.2, 0.25) is 5.02 Å². The van der Waals surface area contributed by atoms with E-state index in [9.17, 15) is 15.0 Å². The number of benzene rings is 1. The maximum atomic E-state index is 12.6. The molecule has 6 nitrogen and oxygen atoms in total. The molecule has 1 fully saturated rings. The highest BCUT2D eigenvalue weighted by Crippen LogP contribution is 2.19. The molecule has 23 heavy (non-hydrogen) atoms. The number of aliphatic hydroxyl groups is 2. The molecule has 124 valence electrons. The molecule has 1 aliphatic heterocycles. The molecule has 3 atom stereocenters. The van der Waals surface area contributed by atoms with Crippen molar-refractivity contribution in [2.45, 2.75) is 44.6 Å². The molecule has 1 saturated heterocycles. The molecule has 7 heteroatoms. The smallest absolute Gasteiger partial charge is 0.261 e. The van der Waals surface area contributed by atoms with E-state index >= 15 is 0 Å². The van der Waals surface area contributed by atoms with Gasteiger partial charge >= 0.3 is 0 Å². The van der Waals surface area contributed by atoms with Crippen LogP contribution in [0.1, 0.15) is 18.4 Å². The average Bonchev–Trinajstić information content (AvgIpc) is 2.88. The Hall–Kier alpha value is -1.47. The Balaban J connectivity index is 1.83. The number of fused-ring (bicyclic) bond motifs is 1. The molecule has 2 aromatic rings. The minimum atomic E-state index is -0.738. The van der Waals surface area contributed by atoms with Crippen molar-refractivity contribution in [2.75, 3.05) is 6.54 Å². The number of aromatic nitrogens is 2. The molecule has 0 saturated carbocycles. The highest BCUT2D eigenvalue weighted by molar-refractivity contribution is 6.31. The molecule has 0 amide bonds. The summed E-state index contributed by atoms with van der Waals surface area (Å²) in [7, 11) is 0. The van der Waals surface area contributed by atoms with Gasteiger partial charge in [0.25, 0.3) is 5.56 Å². The predicted molar refractivity (Wildman–Crippen MR) is 88.8 cm³/mol. The van der Waals surface area contributed by atoms with Crippen molar-refractivity contribution in [1.82, 2.24) is 14.9 Å². The lowest BCUT2D eigenvalue weighted by atomic mass is 10.1. The van der Waals surface area contributed by atoms with E-state index in [2.05, 4.69) is 10.3 Å². The fraction of sp³-hybridized carbons (Fsp3) is 0.500. The highest BCUT2D eigenvalue weighted by Gasteiger charge is 2.27. The van der Waals surface area contributed by atoms with Gasteiger partial charge in [0.05, 0.1) is 36.0 Å². The number of aliphatic hydroxyl groups excluding tert-OH is 2. The molecule has 0 radical (unpaired) electrons. The first-order chi connectivity index (χ1) is 11.0. The summed E-state index contributed by atoms with van der Waals surface area (Å²) in [6.07, 6.45) is 1.34. The van der Waals surface area contributed by atoms with Crippen LogP contribution in [0.15, 0.2) is 23.3 Å². The van der Waals surface area contributed by atoms with Gasteiger partial charge in [-0.25, -0.2) is 4.98 Å². The lowest BCUT2D eigenvalue weighted by molar-refractivity contribution is 0.0926. The number of halogens is 1. The van der Waals surface area contributed by atoms with Crippen LogP contribution < -0.4 is 10.9 Å². The summed E-state index contributed by atoms with van der Waals surface area (Å²) in [5, 5.41) is 24.1. The summed E-state index contributed by atoms with van der Waals surface area (Å²) >= 11 is 6.02. The Morgan fingerprint density at radius 3 is 3.00 bits per heavy atom. The minimum Gasteiger partial charge on any atom is -0.391 e. The average molecular weight is 338 g/mol. The monoisotopic (exact) mass is 337 g/mol. The van der Waals surface area contributed by atoms with E-state index in [1.165, 1.54) is 10.9 Å². The topological polar surface area (TPSA) is 87.4 Å². The van der Waals surface area contributed by atoms with E-state index in [-0.39, 0.29) is 18.1 Å². The van der Waals surface area contributed by atoms with Gasteiger partial charge in [0.2, 0.25) is 0 Å². The molecule has 1 aromatic carbocycles. The Morgan fingerprint density at radius 1 is 1.52 bits per heavy atom. The molecule has 0 aliphatic carbocycles. The molecule has 3 N–H and O–H groups in total. The lowest BCUT2D eigenvalue weighted by Gasteiger charge is -2.19. The third-order valence-electron chi connectivity index (χ3n) is 4.33. The van der Waals surface area contributed by atoms with E-state index in [0.29, 0.717) is 28.8 Å². The van der Waals surface area contributed by atoms with Gasteiger partial charge < -0.3 is 15.5 Å². The number of aryl methyl sites for hydroxylation is 1. The van der Waals surface area contributed by atoms with Crippen LogP contribution in [0.25, 0.3) is 10.9 Å². The third kappa shape index (κ3) is 3.40. The van der Waals surface area contributed by atoms with Crippen LogP contribution in [-0.4, -0.2) is 44.6 Å². The summed E-state index contributed by atoms with van der Waals surface area (Å²) in [5.74, 6) is 0. The first-order valence-corrected chi connectivity index (χ1v) is 8.08. The molecule has 1 aliphatic rings. The number of nitrogens with one attached hydrogen (secondary N) is 1. The molecular formula is C16H20ClN3O3.